The fourth-order valence-electron chi connectivity index (χ4n) is 8.18. The summed E-state index contributed by atoms with van der Waals surface area (Å²) in [5, 5.41) is 8.63. The molecule has 3 heterocycles. The molecule has 322 valence electrons. The van der Waals surface area contributed by atoms with Crippen molar-refractivity contribution in [3.05, 3.63) is 108 Å². The SMILES string of the molecule is C[C@H](CC(=O)[C@@H](Cc1c[nH]c2ccccc12)N1CCCN(N)C1=O)C(=O)N[C@@H](Cc1c[nH]c2ccccc12)C(=O)C[C@H](Cc1ccccc1)C(=O)N[C@@H](CCCCN)C(N)=O. The molecule has 5 aromatic rings. The standard InChI is InChI=1S/C46H57N9O6/c1-29(22-42(57)40(54-20-11-21-55(49)46(54)61)25-33-28-51-37-17-8-6-15-35(33)37)44(59)53-39(24-32-27-50-36-16-7-5-14-34(32)36)41(56)26-31(23-30-12-3-2-4-13-30)45(60)52-38(43(48)58)18-9-10-19-47/h2-8,12-17,27-29,31,38-40,50-51H,9-11,18-26,47,49H2,1H3,(H2,48,58)(H,52,60)(H,53,59)/t29-,31+,38+,39+,40-/m1/s1. The highest BCUT2D eigenvalue weighted by atomic mass is 16.2. The summed E-state index contributed by atoms with van der Waals surface area (Å²) in [6.07, 6.45) is 5.79. The van der Waals surface area contributed by atoms with Crippen molar-refractivity contribution in [2.75, 3.05) is 19.6 Å². The number of amides is 5. The second-order valence-corrected chi connectivity index (χ2v) is 16.1. The number of Topliss-reactive ketones (excluding diaryl/α,β-unsaturated/α-hetero) is 2. The Hall–Kier alpha value is -6.32. The van der Waals surface area contributed by atoms with Crippen molar-refractivity contribution in [1.82, 2.24) is 30.5 Å². The van der Waals surface area contributed by atoms with Crippen molar-refractivity contribution in [2.24, 2.45) is 29.1 Å². The first-order valence-corrected chi connectivity index (χ1v) is 21.1. The summed E-state index contributed by atoms with van der Waals surface area (Å²) in [5.74, 6) is 1.81. The second kappa shape index (κ2) is 20.8. The minimum Gasteiger partial charge on any atom is -0.368 e. The number of hydrogen-bond acceptors (Lipinski definition) is 8. The van der Waals surface area contributed by atoms with E-state index in [1.807, 2.05) is 85.1 Å². The van der Waals surface area contributed by atoms with Crippen LogP contribution < -0.4 is 27.9 Å². The van der Waals surface area contributed by atoms with E-state index in [0.29, 0.717) is 45.3 Å². The zero-order valence-corrected chi connectivity index (χ0v) is 34.6. The van der Waals surface area contributed by atoms with E-state index in [9.17, 15) is 28.8 Å². The lowest BCUT2D eigenvalue weighted by atomic mass is 9.88. The molecule has 61 heavy (non-hydrogen) atoms. The first-order chi connectivity index (χ1) is 29.4. The number of aromatic amines is 2. The highest BCUT2D eigenvalue weighted by Crippen LogP contribution is 2.25. The quantitative estimate of drug-likeness (QED) is 0.0307. The Balaban J connectivity index is 1.23. The number of urea groups is 1. The van der Waals surface area contributed by atoms with Gasteiger partial charge in [0.05, 0.1) is 12.1 Å². The number of para-hydroxylation sites is 2. The lowest BCUT2D eigenvalue weighted by Gasteiger charge is -2.38. The highest BCUT2D eigenvalue weighted by molar-refractivity contribution is 5.97. The molecule has 0 aliphatic carbocycles. The van der Waals surface area contributed by atoms with Gasteiger partial charge in [-0.3, -0.25) is 29.0 Å². The van der Waals surface area contributed by atoms with Gasteiger partial charge in [-0.2, -0.15) is 0 Å². The van der Waals surface area contributed by atoms with Crippen molar-refractivity contribution in [3.8, 4) is 0 Å². The summed E-state index contributed by atoms with van der Waals surface area (Å²) in [4.78, 5) is 90.7. The number of unbranched alkanes of at least 4 members (excludes halogenated alkanes) is 1. The second-order valence-electron chi connectivity index (χ2n) is 16.1. The van der Waals surface area contributed by atoms with Crippen LogP contribution in [0.2, 0.25) is 0 Å². The number of nitrogens with two attached hydrogens (primary N) is 3. The molecule has 0 bridgehead atoms. The number of ketones is 2. The molecule has 1 saturated heterocycles. The predicted octanol–water partition coefficient (Wildman–Crippen LogP) is 3.80. The number of fused-ring (bicyclic) bond motifs is 2. The van der Waals surface area contributed by atoms with Crippen LogP contribution in [0.5, 0.6) is 0 Å². The number of primary amides is 1. The summed E-state index contributed by atoms with van der Waals surface area (Å²) < 4.78 is 0. The van der Waals surface area contributed by atoms with Crippen molar-refractivity contribution in [2.45, 2.75) is 82.8 Å². The smallest absolute Gasteiger partial charge is 0.334 e. The molecule has 3 aromatic carbocycles. The summed E-state index contributed by atoms with van der Waals surface area (Å²) in [6.45, 7) is 2.75. The van der Waals surface area contributed by atoms with Gasteiger partial charge < -0.3 is 37.0 Å². The van der Waals surface area contributed by atoms with Crippen LogP contribution in [-0.2, 0) is 43.2 Å². The van der Waals surface area contributed by atoms with E-state index in [1.165, 1.54) is 4.90 Å². The van der Waals surface area contributed by atoms with Crippen LogP contribution >= 0.6 is 0 Å². The minimum absolute atomic E-state index is 0.107. The minimum atomic E-state index is -1.08. The maximum Gasteiger partial charge on any atom is 0.334 e. The molecule has 1 fully saturated rings. The lowest BCUT2D eigenvalue weighted by Crippen LogP contribution is -2.58. The van der Waals surface area contributed by atoms with Gasteiger partial charge in [0.25, 0.3) is 0 Å². The lowest BCUT2D eigenvalue weighted by molar-refractivity contribution is -0.135. The van der Waals surface area contributed by atoms with E-state index in [0.717, 1.165) is 43.5 Å². The van der Waals surface area contributed by atoms with Gasteiger partial charge in [0, 0.05) is 84.8 Å². The van der Waals surface area contributed by atoms with Crippen molar-refractivity contribution >= 4 is 57.1 Å². The molecule has 1 aliphatic heterocycles. The Morgan fingerprint density at radius 1 is 0.721 bits per heavy atom. The van der Waals surface area contributed by atoms with Crippen LogP contribution in [0.15, 0.2) is 91.3 Å². The van der Waals surface area contributed by atoms with E-state index >= 15 is 0 Å². The highest BCUT2D eigenvalue weighted by Gasteiger charge is 2.37. The molecule has 6 rings (SSSR count). The molecule has 1 aliphatic rings. The number of carbonyl (C=O) groups is 6. The molecule has 5 amide bonds. The molecule has 5 atom stereocenters. The van der Waals surface area contributed by atoms with Gasteiger partial charge in [-0.25, -0.2) is 10.6 Å². The monoisotopic (exact) mass is 831 g/mol. The molecule has 15 nitrogen and oxygen atoms in total. The van der Waals surface area contributed by atoms with E-state index in [2.05, 4.69) is 20.6 Å². The van der Waals surface area contributed by atoms with E-state index < -0.39 is 59.5 Å². The first kappa shape index (κ1) is 44.2. The third kappa shape index (κ3) is 11.3. The van der Waals surface area contributed by atoms with Gasteiger partial charge in [-0.1, -0.05) is 73.7 Å². The Morgan fingerprint density at radius 2 is 1.33 bits per heavy atom. The molecular weight excluding hydrogens is 775 g/mol. The Morgan fingerprint density at radius 3 is 1.97 bits per heavy atom. The van der Waals surface area contributed by atoms with Gasteiger partial charge in [-0.15, -0.1) is 0 Å². The number of nitrogens with zero attached hydrogens (tertiary/aromatic N) is 2. The molecule has 2 aromatic heterocycles. The summed E-state index contributed by atoms with van der Waals surface area (Å²) in [5.41, 5.74) is 15.5. The number of carbonyl (C=O) groups excluding carboxylic acids is 6. The predicted molar refractivity (Wildman–Crippen MR) is 233 cm³/mol. The molecule has 0 spiro atoms. The number of benzene rings is 3. The number of hydrogen-bond donors (Lipinski definition) is 7. The van der Waals surface area contributed by atoms with Crippen LogP contribution in [0.25, 0.3) is 21.8 Å². The van der Waals surface area contributed by atoms with Gasteiger partial charge >= 0.3 is 6.03 Å². The summed E-state index contributed by atoms with van der Waals surface area (Å²) >= 11 is 0. The molecule has 0 unspecified atom stereocenters. The number of hydrazine groups is 1. The zero-order valence-electron chi connectivity index (χ0n) is 34.6. The third-order valence-electron chi connectivity index (χ3n) is 11.6. The molecular formula is C46H57N9O6. The van der Waals surface area contributed by atoms with Crippen LogP contribution in [-0.4, -0.2) is 93.0 Å². The molecule has 10 N–H and O–H groups in total. The first-order valence-electron chi connectivity index (χ1n) is 21.1. The van der Waals surface area contributed by atoms with Crippen molar-refractivity contribution < 1.29 is 28.8 Å². The van der Waals surface area contributed by atoms with Crippen LogP contribution in [0.4, 0.5) is 4.79 Å². The fraction of sp³-hybridized carbons (Fsp3) is 0.391. The number of aromatic nitrogens is 2. The fourth-order valence-corrected chi connectivity index (χ4v) is 8.18. The van der Waals surface area contributed by atoms with Gasteiger partial charge in [0.2, 0.25) is 17.7 Å². The summed E-state index contributed by atoms with van der Waals surface area (Å²) in [7, 11) is 0. The van der Waals surface area contributed by atoms with Crippen LogP contribution in [0.1, 0.15) is 62.1 Å². The zero-order chi connectivity index (χ0) is 43.5. The van der Waals surface area contributed by atoms with Gasteiger partial charge in [-0.05, 0) is 67.5 Å². The van der Waals surface area contributed by atoms with Gasteiger partial charge in [0.15, 0.2) is 11.6 Å². The molecule has 0 saturated carbocycles. The maximum absolute atomic E-state index is 14.5. The average molecular weight is 832 g/mol. The third-order valence-corrected chi connectivity index (χ3v) is 11.6. The average Bonchev–Trinajstić information content (AvgIpc) is 3.87. The topological polar surface area (TPSA) is 243 Å². The van der Waals surface area contributed by atoms with Crippen LogP contribution in [0.3, 0.4) is 0 Å². The van der Waals surface area contributed by atoms with Crippen molar-refractivity contribution in [1.29, 1.82) is 0 Å². The summed E-state index contributed by atoms with van der Waals surface area (Å²) in [6, 6.07) is 21.2. The Bertz CT molecular complexity index is 2320. The molecule has 15 heteroatoms. The van der Waals surface area contributed by atoms with Crippen LogP contribution in [0, 0.1) is 11.8 Å². The van der Waals surface area contributed by atoms with E-state index in [-0.39, 0.29) is 37.9 Å². The largest absolute Gasteiger partial charge is 0.368 e. The number of rotatable bonds is 22. The van der Waals surface area contributed by atoms with Crippen molar-refractivity contribution in [3.63, 3.8) is 0 Å². The molecule has 0 radical (unpaired) electrons. The Labute approximate surface area is 355 Å². The van der Waals surface area contributed by atoms with E-state index in [4.69, 9.17) is 17.3 Å². The maximum atomic E-state index is 14.5. The normalized spacial score (nSPS) is 15.6. The number of H-pyrrole nitrogens is 2. The van der Waals surface area contributed by atoms with E-state index in [1.54, 1.807) is 13.1 Å². The Kier molecular flexibility index (Phi) is 15.1. The van der Waals surface area contributed by atoms with Gasteiger partial charge in [0.1, 0.15) is 6.04 Å². The number of nitrogens with one attached hydrogen (secondary N) is 4.